The Morgan fingerprint density at radius 1 is 1.50 bits per heavy atom. The maximum atomic E-state index is 12.3. The summed E-state index contributed by atoms with van der Waals surface area (Å²) in [5.74, 6) is 0.438. The first-order valence-corrected chi connectivity index (χ1v) is 7.25. The van der Waals surface area contributed by atoms with E-state index in [0.29, 0.717) is 26.2 Å². The number of rotatable bonds is 3. The molecule has 1 unspecified atom stereocenters. The number of carbonyl (C=O) groups is 1. The lowest BCUT2D eigenvalue weighted by Gasteiger charge is -2.37. The number of nitrogens with one attached hydrogen (secondary N) is 1. The van der Waals surface area contributed by atoms with Crippen LogP contribution in [0.3, 0.4) is 0 Å². The average molecular weight is 278 g/mol. The SMILES string of the molecule is Cc1cc(C)n(CC2CN(C(=O)C3CNC3)CCO2)n1. The number of amides is 1. The van der Waals surface area contributed by atoms with Crippen LogP contribution in [-0.4, -0.2) is 59.5 Å². The number of nitrogens with zero attached hydrogens (tertiary/aromatic N) is 3. The van der Waals surface area contributed by atoms with Gasteiger partial charge in [0.25, 0.3) is 0 Å². The minimum Gasteiger partial charge on any atom is -0.373 e. The van der Waals surface area contributed by atoms with Gasteiger partial charge in [-0.3, -0.25) is 9.48 Å². The van der Waals surface area contributed by atoms with E-state index in [1.54, 1.807) is 0 Å². The zero-order valence-electron chi connectivity index (χ0n) is 12.1. The second-order valence-corrected chi connectivity index (χ2v) is 5.74. The van der Waals surface area contributed by atoms with Gasteiger partial charge < -0.3 is 15.0 Å². The summed E-state index contributed by atoms with van der Waals surface area (Å²) >= 11 is 0. The smallest absolute Gasteiger partial charge is 0.228 e. The summed E-state index contributed by atoms with van der Waals surface area (Å²) in [6.45, 7) is 8.39. The van der Waals surface area contributed by atoms with Gasteiger partial charge in [0.15, 0.2) is 0 Å². The normalized spacial score (nSPS) is 23.7. The third kappa shape index (κ3) is 2.71. The van der Waals surface area contributed by atoms with E-state index in [-0.39, 0.29) is 17.9 Å². The van der Waals surface area contributed by atoms with Gasteiger partial charge in [0.1, 0.15) is 0 Å². The second-order valence-electron chi connectivity index (χ2n) is 5.74. The summed E-state index contributed by atoms with van der Waals surface area (Å²) in [5.41, 5.74) is 2.16. The maximum Gasteiger partial charge on any atom is 0.228 e. The highest BCUT2D eigenvalue weighted by Gasteiger charge is 2.32. The fourth-order valence-corrected chi connectivity index (χ4v) is 2.80. The number of aryl methyl sites for hydroxylation is 2. The summed E-state index contributed by atoms with van der Waals surface area (Å²) < 4.78 is 7.76. The predicted molar refractivity (Wildman–Crippen MR) is 74.4 cm³/mol. The lowest BCUT2D eigenvalue weighted by molar-refractivity contribution is -0.145. The van der Waals surface area contributed by atoms with Crippen molar-refractivity contribution in [3.63, 3.8) is 0 Å². The van der Waals surface area contributed by atoms with Crippen LogP contribution < -0.4 is 5.32 Å². The molecule has 0 aromatic carbocycles. The summed E-state index contributed by atoms with van der Waals surface area (Å²) in [6, 6.07) is 2.06. The van der Waals surface area contributed by atoms with Crippen molar-refractivity contribution < 1.29 is 9.53 Å². The van der Waals surface area contributed by atoms with Gasteiger partial charge in [0.2, 0.25) is 5.91 Å². The van der Waals surface area contributed by atoms with E-state index >= 15 is 0 Å². The summed E-state index contributed by atoms with van der Waals surface area (Å²) in [4.78, 5) is 14.2. The van der Waals surface area contributed by atoms with Crippen molar-refractivity contribution in [2.75, 3.05) is 32.8 Å². The highest BCUT2D eigenvalue weighted by atomic mass is 16.5. The Hall–Kier alpha value is -1.40. The lowest BCUT2D eigenvalue weighted by Crippen LogP contribution is -2.56. The van der Waals surface area contributed by atoms with Crippen molar-refractivity contribution in [2.45, 2.75) is 26.5 Å². The molecule has 2 fully saturated rings. The van der Waals surface area contributed by atoms with Crippen LogP contribution in [0, 0.1) is 19.8 Å². The Morgan fingerprint density at radius 2 is 2.30 bits per heavy atom. The van der Waals surface area contributed by atoms with Crippen LogP contribution in [0.15, 0.2) is 6.07 Å². The largest absolute Gasteiger partial charge is 0.373 e. The molecule has 0 aliphatic carbocycles. The van der Waals surface area contributed by atoms with Crippen LogP contribution >= 0.6 is 0 Å². The standard InChI is InChI=1S/C14H22N4O2/c1-10-5-11(2)18(16-10)9-13-8-17(3-4-20-13)14(19)12-6-15-7-12/h5,12-13,15H,3-4,6-9H2,1-2H3. The number of hydrogen-bond donors (Lipinski definition) is 1. The van der Waals surface area contributed by atoms with Crippen LogP contribution in [0.4, 0.5) is 0 Å². The molecule has 1 atom stereocenters. The van der Waals surface area contributed by atoms with E-state index in [0.717, 1.165) is 24.5 Å². The quantitative estimate of drug-likeness (QED) is 0.842. The van der Waals surface area contributed by atoms with Crippen LogP contribution in [0.2, 0.25) is 0 Å². The number of aromatic nitrogens is 2. The molecule has 0 spiro atoms. The minimum absolute atomic E-state index is 0.0405. The average Bonchev–Trinajstić information content (AvgIpc) is 2.66. The number of hydrogen-bond acceptors (Lipinski definition) is 4. The van der Waals surface area contributed by atoms with E-state index in [4.69, 9.17) is 4.74 Å². The fourth-order valence-electron chi connectivity index (χ4n) is 2.80. The molecule has 20 heavy (non-hydrogen) atoms. The van der Waals surface area contributed by atoms with E-state index in [1.807, 2.05) is 23.4 Å². The first-order valence-electron chi connectivity index (χ1n) is 7.25. The first kappa shape index (κ1) is 13.6. The Labute approximate surface area is 119 Å². The Morgan fingerprint density at radius 3 is 2.90 bits per heavy atom. The summed E-state index contributed by atoms with van der Waals surface area (Å²) in [6.07, 6.45) is 0.0405. The van der Waals surface area contributed by atoms with E-state index < -0.39 is 0 Å². The van der Waals surface area contributed by atoms with E-state index in [1.165, 1.54) is 0 Å². The molecule has 6 nitrogen and oxygen atoms in total. The Balaban J connectivity index is 1.60. The zero-order chi connectivity index (χ0) is 14.1. The molecule has 1 amide bonds. The highest BCUT2D eigenvalue weighted by Crippen LogP contribution is 2.14. The van der Waals surface area contributed by atoms with Gasteiger partial charge in [0.05, 0.1) is 30.9 Å². The predicted octanol–water partition coefficient (Wildman–Crippen LogP) is -0.0533. The molecule has 2 aliphatic heterocycles. The van der Waals surface area contributed by atoms with Crippen LogP contribution in [0.25, 0.3) is 0 Å². The molecular formula is C14H22N4O2. The van der Waals surface area contributed by atoms with Gasteiger partial charge in [-0.1, -0.05) is 0 Å². The van der Waals surface area contributed by atoms with Crippen molar-refractivity contribution in [1.29, 1.82) is 0 Å². The van der Waals surface area contributed by atoms with E-state index in [2.05, 4.69) is 16.5 Å². The number of ether oxygens (including phenoxy) is 1. The lowest BCUT2D eigenvalue weighted by atomic mass is 10.0. The van der Waals surface area contributed by atoms with Gasteiger partial charge in [-0.25, -0.2) is 0 Å². The number of carbonyl (C=O) groups excluding carboxylic acids is 1. The second kappa shape index (κ2) is 5.54. The van der Waals surface area contributed by atoms with Gasteiger partial charge in [-0.2, -0.15) is 5.10 Å². The number of morpholine rings is 1. The third-order valence-electron chi connectivity index (χ3n) is 4.06. The maximum absolute atomic E-state index is 12.3. The van der Waals surface area contributed by atoms with Crippen molar-refractivity contribution in [3.8, 4) is 0 Å². The molecule has 2 saturated heterocycles. The van der Waals surface area contributed by atoms with Crippen LogP contribution in [0.5, 0.6) is 0 Å². The molecule has 3 heterocycles. The van der Waals surface area contributed by atoms with Crippen LogP contribution in [0.1, 0.15) is 11.4 Å². The first-order chi connectivity index (χ1) is 9.63. The summed E-state index contributed by atoms with van der Waals surface area (Å²) in [7, 11) is 0. The molecule has 0 saturated carbocycles. The molecule has 1 aromatic rings. The van der Waals surface area contributed by atoms with Crippen molar-refractivity contribution in [2.24, 2.45) is 5.92 Å². The molecular weight excluding hydrogens is 256 g/mol. The highest BCUT2D eigenvalue weighted by molar-refractivity contribution is 5.80. The minimum atomic E-state index is 0.0405. The summed E-state index contributed by atoms with van der Waals surface area (Å²) in [5, 5.41) is 7.61. The Bertz CT molecular complexity index is 495. The molecule has 3 rings (SSSR count). The third-order valence-corrected chi connectivity index (χ3v) is 4.06. The van der Waals surface area contributed by atoms with Gasteiger partial charge in [0, 0.05) is 31.9 Å². The zero-order valence-corrected chi connectivity index (χ0v) is 12.1. The molecule has 6 heteroatoms. The molecule has 1 N–H and O–H groups in total. The Kier molecular flexibility index (Phi) is 3.76. The van der Waals surface area contributed by atoms with E-state index in [9.17, 15) is 4.79 Å². The van der Waals surface area contributed by atoms with Gasteiger partial charge in [-0.15, -0.1) is 0 Å². The van der Waals surface area contributed by atoms with Crippen molar-refractivity contribution in [1.82, 2.24) is 20.0 Å². The van der Waals surface area contributed by atoms with Gasteiger partial charge in [-0.05, 0) is 19.9 Å². The molecule has 110 valence electrons. The molecule has 0 radical (unpaired) electrons. The van der Waals surface area contributed by atoms with Gasteiger partial charge >= 0.3 is 0 Å². The molecule has 0 bridgehead atoms. The topological polar surface area (TPSA) is 59.4 Å². The monoisotopic (exact) mass is 278 g/mol. The van der Waals surface area contributed by atoms with Crippen molar-refractivity contribution >= 4 is 5.91 Å². The fraction of sp³-hybridized carbons (Fsp3) is 0.714. The van der Waals surface area contributed by atoms with Crippen LogP contribution in [-0.2, 0) is 16.1 Å². The molecule has 1 aromatic heterocycles. The molecule has 2 aliphatic rings. The van der Waals surface area contributed by atoms with Crippen molar-refractivity contribution in [3.05, 3.63) is 17.5 Å².